The number of phenols is 2. The molecule has 0 saturated carbocycles. The summed E-state index contributed by atoms with van der Waals surface area (Å²) in [5, 5.41) is 19.5. The highest BCUT2D eigenvalue weighted by Crippen LogP contribution is 2.33. The lowest BCUT2D eigenvalue weighted by molar-refractivity contribution is 0.103. The van der Waals surface area contributed by atoms with E-state index < -0.39 is 26.3 Å². The van der Waals surface area contributed by atoms with Crippen LogP contribution in [0.1, 0.15) is 15.9 Å². The monoisotopic (exact) mass is 354 g/mol. The van der Waals surface area contributed by atoms with Crippen molar-refractivity contribution in [2.24, 2.45) is 0 Å². The third-order valence-corrected chi connectivity index (χ3v) is 5.55. The molecule has 0 bridgehead atoms. The number of rotatable bonds is 4. The number of ketones is 1. The maximum absolute atomic E-state index is 12.9. The second-order valence-corrected chi connectivity index (χ2v) is 7.23. The van der Waals surface area contributed by atoms with Gasteiger partial charge in [0.1, 0.15) is 16.4 Å². The molecule has 0 aliphatic heterocycles. The first kappa shape index (κ1) is 16.7. The van der Waals surface area contributed by atoms with Gasteiger partial charge in [0.15, 0.2) is 5.78 Å². The minimum atomic E-state index is -4.15. The molecule has 3 aromatic carbocycles. The van der Waals surface area contributed by atoms with E-state index in [9.17, 15) is 23.4 Å². The van der Waals surface area contributed by atoms with Crippen LogP contribution in [0.4, 0.5) is 0 Å². The highest BCUT2D eigenvalue weighted by atomic mass is 32.2. The van der Waals surface area contributed by atoms with Crippen LogP contribution in [0, 0.1) is 0 Å². The Hall–Kier alpha value is -3.12. The lowest BCUT2D eigenvalue weighted by Crippen LogP contribution is -2.11. The number of aromatic hydroxyl groups is 2. The summed E-state index contributed by atoms with van der Waals surface area (Å²) in [6, 6.07) is 17.1. The van der Waals surface area contributed by atoms with Crippen LogP contribution in [0.15, 0.2) is 82.6 Å². The van der Waals surface area contributed by atoms with Crippen molar-refractivity contribution in [2.75, 3.05) is 0 Å². The highest BCUT2D eigenvalue weighted by molar-refractivity contribution is 7.91. The van der Waals surface area contributed by atoms with Crippen molar-refractivity contribution in [1.29, 1.82) is 0 Å². The Kier molecular flexibility index (Phi) is 4.29. The summed E-state index contributed by atoms with van der Waals surface area (Å²) >= 11 is 0. The second-order valence-electron chi connectivity index (χ2n) is 5.35. The molecule has 126 valence electrons. The van der Waals surface area contributed by atoms with Gasteiger partial charge in [0.2, 0.25) is 9.84 Å². The van der Waals surface area contributed by atoms with Gasteiger partial charge in [-0.2, -0.15) is 0 Å². The molecule has 5 nitrogen and oxygen atoms in total. The summed E-state index contributed by atoms with van der Waals surface area (Å²) in [6.07, 6.45) is 0. The predicted molar refractivity (Wildman–Crippen MR) is 91.5 cm³/mol. The zero-order chi connectivity index (χ0) is 18.0. The van der Waals surface area contributed by atoms with Crippen LogP contribution < -0.4 is 0 Å². The van der Waals surface area contributed by atoms with Gasteiger partial charge >= 0.3 is 0 Å². The molecule has 3 rings (SSSR count). The van der Waals surface area contributed by atoms with Crippen LogP contribution in [0.2, 0.25) is 0 Å². The Balaban J connectivity index is 2.20. The molecule has 0 heterocycles. The largest absolute Gasteiger partial charge is 0.508 e. The smallest absolute Gasteiger partial charge is 0.210 e. The van der Waals surface area contributed by atoms with Crippen LogP contribution >= 0.6 is 0 Å². The lowest BCUT2D eigenvalue weighted by Gasteiger charge is -2.12. The number of carbonyl (C=O) groups excluding carboxylic acids is 1. The molecule has 0 spiro atoms. The molecule has 0 aliphatic carbocycles. The van der Waals surface area contributed by atoms with Crippen molar-refractivity contribution in [3.63, 3.8) is 0 Å². The third-order valence-electron chi connectivity index (χ3n) is 3.69. The summed E-state index contributed by atoms with van der Waals surface area (Å²) in [4.78, 5) is 12.2. The number of sulfone groups is 1. The molecule has 3 aromatic rings. The normalized spacial score (nSPS) is 11.2. The molecule has 0 fully saturated rings. The molecule has 0 saturated heterocycles. The molecular weight excluding hydrogens is 340 g/mol. The molecule has 2 N–H and O–H groups in total. The van der Waals surface area contributed by atoms with E-state index in [-0.39, 0.29) is 16.2 Å². The number of hydrogen-bond acceptors (Lipinski definition) is 5. The Bertz CT molecular complexity index is 1020. The molecule has 0 aromatic heterocycles. The standard InChI is InChI=1S/C19H14O5S/c20-14-9-11-15(12-10-14)25(23,24)19-16(7-4-8-17(19)21)18(22)13-5-2-1-3-6-13/h1-12,20-21H. The molecule has 25 heavy (non-hydrogen) atoms. The van der Waals surface area contributed by atoms with Crippen LogP contribution in [-0.4, -0.2) is 24.4 Å². The van der Waals surface area contributed by atoms with Crippen molar-refractivity contribution in [3.8, 4) is 11.5 Å². The van der Waals surface area contributed by atoms with E-state index in [1.807, 2.05) is 0 Å². The summed E-state index contributed by atoms with van der Waals surface area (Å²) < 4.78 is 25.9. The minimum absolute atomic E-state index is 0.0863. The molecular formula is C19H14O5S. The zero-order valence-electron chi connectivity index (χ0n) is 13.0. The van der Waals surface area contributed by atoms with Gasteiger partial charge in [-0.05, 0) is 36.4 Å². The van der Waals surface area contributed by atoms with Gasteiger partial charge in [-0.25, -0.2) is 8.42 Å². The van der Waals surface area contributed by atoms with Crippen molar-refractivity contribution in [1.82, 2.24) is 0 Å². The molecule has 0 atom stereocenters. The Morgan fingerprint density at radius 3 is 2.04 bits per heavy atom. The van der Waals surface area contributed by atoms with Crippen LogP contribution in [-0.2, 0) is 9.84 Å². The van der Waals surface area contributed by atoms with E-state index in [0.29, 0.717) is 5.56 Å². The topological polar surface area (TPSA) is 91.7 Å². The number of benzene rings is 3. The SMILES string of the molecule is O=C(c1ccccc1)c1cccc(O)c1S(=O)(=O)c1ccc(O)cc1. The zero-order valence-corrected chi connectivity index (χ0v) is 13.8. The Labute approximate surface area is 144 Å². The van der Waals surface area contributed by atoms with Gasteiger partial charge in [0.05, 0.1) is 4.90 Å². The summed E-state index contributed by atoms with van der Waals surface area (Å²) in [5.74, 6) is -1.10. The van der Waals surface area contributed by atoms with E-state index in [2.05, 4.69) is 0 Å². The van der Waals surface area contributed by atoms with Crippen molar-refractivity contribution in [3.05, 3.63) is 83.9 Å². The van der Waals surface area contributed by atoms with E-state index in [1.165, 1.54) is 42.5 Å². The van der Waals surface area contributed by atoms with Crippen LogP contribution in [0.5, 0.6) is 11.5 Å². The van der Waals surface area contributed by atoms with E-state index in [0.717, 1.165) is 0 Å². The van der Waals surface area contributed by atoms with Gasteiger partial charge in [0.25, 0.3) is 0 Å². The molecule has 0 unspecified atom stereocenters. The summed E-state index contributed by atoms with van der Waals surface area (Å²) in [5.41, 5.74) is 0.203. The first-order chi connectivity index (χ1) is 11.9. The maximum Gasteiger partial charge on any atom is 0.210 e. The Morgan fingerprint density at radius 2 is 1.40 bits per heavy atom. The fourth-order valence-corrected chi connectivity index (χ4v) is 4.00. The van der Waals surface area contributed by atoms with E-state index in [4.69, 9.17) is 0 Å². The van der Waals surface area contributed by atoms with Gasteiger partial charge in [-0.15, -0.1) is 0 Å². The maximum atomic E-state index is 12.9. The minimum Gasteiger partial charge on any atom is -0.508 e. The first-order valence-electron chi connectivity index (χ1n) is 7.37. The van der Waals surface area contributed by atoms with Gasteiger partial charge in [-0.3, -0.25) is 4.79 Å². The van der Waals surface area contributed by atoms with Crippen molar-refractivity contribution < 1.29 is 23.4 Å². The number of phenolic OH excluding ortho intramolecular Hbond substituents is 2. The third kappa shape index (κ3) is 3.12. The van der Waals surface area contributed by atoms with E-state index >= 15 is 0 Å². The molecule has 0 aliphatic rings. The number of carbonyl (C=O) groups is 1. The second kappa shape index (κ2) is 6.41. The Morgan fingerprint density at radius 1 is 0.760 bits per heavy atom. The number of hydrogen-bond donors (Lipinski definition) is 2. The fourth-order valence-electron chi connectivity index (χ4n) is 2.47. The van der Waals surface area contributed by atoms with Crippen LogP contribution in [0.3, 0.4) is 0 Å². The van der Waals surface area contributed by atoms with E-state index in [1.54, 1.807) is 30.3 Å². The summed E-state index contributed by atoms with van der Waals surface area (Å²) in [7, 11) is -4.15. The van der Waals surface area contributed by atoms with Crippen molar-refractivity contribution in [2.45, 2.75) is 9.79 Å². The van der Waals surface area contributed by atoms with Gasteiger partial charge < -0.3 is 10.2 Å². The fraction of sp³-hybridized carbons (Fsp3) is 0. The van der Waals surface area contributed by atoms with Gasteiger partial charge in [0, 0.05) is 11.1 Å². The highest BCUT2D eigenvalue weighted by Gasteiger charge is 2.28. The van der Waals surface area contributed by atoms with Crippen LogP contribution in [0.25, 0.3) is 0 Å². The quantitative estimate of drug-likeness (QED) is 0.702. The lowest BCUT2D eigenvalue weighted by atomic mass is 10.0. The predicted octanol–water partition coefficient (Wildman–Crippen LogP) is 3.16. The first-order valence-corrected chi connectivity index (χ1v) is 8.85. The molecule has 0 amide bonds. The summed E-state index contributed by atoms with van der Waals surface area (Å²) in [6.45, 7) is 0. The average Bonchev–Trinajstić information content (AvgIpc) is 2.61. The molecule has 6 heteroatoms. The van der Waals surface area contributed by atoms with Gasteiger partial charge in [-0.1, -0.05) is 36.4 Å². The molecule has 0 radical (unpaired) electrons. The average molecular weight is 354 g/mol. The van der Waals surface area contributed by atoms with Crippen molar-refractivity contribution >= 4 is 15.6 Å².